The van der Waals surface area contributed by atoms with E-state index in [4.69, 9.17) is 4.74 Å². The monoisotopic (exact) mass is 274 g/mol. The number of carbonyl (C=O) groups excluding carboxylic acids is 1. The van der Waals surface area contributed by atoms with Crippen molar-refractivity contribution in [2.75, 3.05) is 33.3 Å². The number of methoxy groups -OCH3 is 1. The number of amides is 1. The van der Waals surface area contributed by atoms with Gasteiger partial charge in [0.25, 0.3) is 0 Å². The first kappa shape index (κ1) is 13.4. The highest BCUT2D eigenvalue weighted by Gasteiger charge is 2.34. The number of nitrogens with zero attached hydrogens (tertiary/aromatic N) is 1. The van der Waals surface area contributed by atoms with Crippen molar-refractivity contribution in [2.24, 2.45) is 11.8 Å². The quantitative estimate of drug-likeness (QED) is 0.903. The van der Waals surface area contributed by atoms with Crippen molar-refractivity contribution < 1.29 is 9.53 Å². The van der Waals surface area contributed by atoms with Gasteiger partial charge in [-0.25, -0.2) is 0 Å². The third kappa shape index (κ3) is 2.80. The van der Waals surface area contributed by atoms with Crippen molar-refractivity contribution in [1.29, 1.82) is 0 Å². The third-order valence-corrected chi connectivity index (χ3v) is 4.55. The summed E-state index contributed by atoms with van der Waals surface area (Å²) in [4.78, 5) is 14.5. The summed E-state index contributed by atoms with van der Waals surface area (Å²) in [6, 6.07) is 7.78. The number of nitrogens with one attached hydrogen (secondary N) is 1. The van der Waals surface area contributed by atoms with Crippen molar-refractivity contribution in [3.05, 3.63) is 29.8 Å². The average molecular weight is 274 g/mol. The minimum Gasteiger partial charge on any atom is -0.497 e. The summed E-state index contributed by atoms with van der Waals surface area (Å²) in [5.41, 5.74) is 1.03. The third-order valence-electron chi connectivity index (χ3n) is 4.55. The SMILES string of the molecule is COc1cccc(CC(=O)N2CC[C@H]3CNC[C@H]3C2)c1. The van der Waals surface area contributed by atoms with Crippen LogP contribution in [0, 0.1) is 11.8 Å². The van der Waals surface area contributed by atoms with E-state index in [1.807, 2.05) is 29.2 Å². The van der Waals surface area contributed by atoms with Gasteiger partial charge in [-0.3, -0.25) is 4.79 Å². The Kier molecular flexibility index (Phi) is 3.92. The van der Waals surface area contributed by atoms with E-state index < -0.39 is 0 Å². The molecule has 2 atom stereocenters. The first-order valence-corrected chi connectivity index (χ1v) is 7.37. The predicted octanol–water partition coefficient (Wildman–Crippen LogP) is 1.31. The van der Waals surface area contributed by atoms with Gasteiger partial charge in [0, 0.05) is 13.1 Å². The van der Waals surface area contributed by atoms with E-state index in [9.17, 15) is 4.79 Å². The molecule has 4 heteroatoms. The molecule has 1 aromatic carbocycles. The van der Waals surface area contributed by atoms with Crippen LogP contribution in [-0.4, -0.2) is 44.1 Å². The fourth-order valence-electron chi connectivity index (χ4n) is 3.33. The summed E-state index contributed by atoms with van der Waals surface area (Å²) in [6.07, 6.45) is 1.61. The second-order valence-electron chi connectivity index (χ2n) is 5.84. The molecule has 4 nitrogen and oxygen atoms in total. The Balaban J connectivity index is 1.61. The molecular weight excluding hydrogens is 252 g/mol. The van der Waals surface area contributed by atoms with Crippen molar-refractivity contribution >= 4 is 5.91 Å². The smallest absolute Gasteiger partial charge is 0.227 e. The number of hydrogen-bond donors (Lipinski definition) is 1. The molecule has 2 aliphatic heterocycles. The maximum Gasteiger partial charge on any atom is 0.227 e. The number of rotatable bonds is 3. The second kappa shape index (κ2) is 5.83. The van der Waals surface area contributed by atoms with E-state index in [-0.39, 0.29) is 5.91 Å². The first-order chi connectivity index (χ1) is 9.76. The predicted molar refractivity (Wildman–Crippen MR) is 77.7 cm³/mol. The molecule has 3 rings (SSSR count). The summed E-state index contributed by atoms with van der Waals surface area (Å²) in [5.74, 6) is 2.48. The van der Waals surface area contributed by atoms with Gasteiger partial charge in [-0.15, -0.1) is 0 Å². The van der Waals surface area contributed by atoms with Gasteiger partial charge in [0.15, 0.2) is 0 Å². The van der Waals surface area contributed by atoms with Crippen LogP contribution < -0.4 is 10.1 Å². The molecule has 0 spiro atoms. The van der Waals surface area contributed by atoms with E-state index >= 15 is 0 Å². The highest BCUT2D eigenvalue weighted by atomic mass is 16.5. The first-order valence-electron chi connectivity index (χ1n) is 7.37. The molecule has 1 N–H and O–H groups in total. The maximum absolute atomic E-state index is 12.4. The van der Waals surface area contributed by atoms with Crippen LogP contribution in [0.1, 0.15) is 12.0 Å². The van der Waals surface area contributed by atoms with Crippen LogP contribution in [0.5, 0.6) is 5.75 Å². The normalized spacial score (nSPS) is 25.4. The molecule has 108 valence electrons. The van der Waals surface area contributed by atoms with Crippen LogP contribution >= 0.6 is 0 Å². The minimum atomic E-state index is 0.239. The summed E-state index contributed by atoms with van der Waals surface area (Å²) in [7, 11) is 1.65. The van der Waals surface area contributed by atoms with Gasteiger partial charge in [0.1, 0.15) is 5.75 Å². The molecule has 1 amide bonds. The van der Waals surface area contributed by atoms with E-state index in [2.05, 4.69) is 5.32 Å². The van der Waals surface area contributed by atoms with Crippen LogP contribution in [-0.2, 0) is 11.2 Å². The molecule has 0 saturated carbocycles. The van der Waals surface area contributed by atoms with Gasteiger partial charge in [0.2, 0.25) is 5.91 Å². The number of carbonyl (C=O) groups is 1. The van der Waals surface area contributed by atoms with Crippen LogP contribution in [0.4, 0.5) is 0 Å². The van der Waals surface area contributed by atoms with E-state index in [1.54, 1.807) is 7.11 Å². The standard InChI is InChI=1S/C16H22N2O2/c1-20-15-4-2-3-12(7-15)8-16(19)18-6-5-13-9-17-10-14(13)11-18/h2-4,7,13-14,17H,5-6,8-11H2,1H3/t13-,14-/m0/s1. The molecule has 1 aromatic rings. The number of likely N-dealkylation sites (tertiary alicyclic amines) is 1. The minimum absolute atomic E-state index is 0.239. The molecule has 0 aliphatic carbocycles. The van der Waals surface area contributed by atoms with Gasteiger partial charge in [-0.1, -0.05) is 12.1 Å². The lowest BCUT2D eigenvalue weighted by Gasteiger charge is -2.34. The van der Waals surface area contributed by atoms with Crippen molar-refractivity contribution in [3.8, 4) is 5.75 Å². The maximum atomic E-state index is 12.4. The van der Waals surface area contributed by atoms with Crippen molar-refractivity contribution in [3.63, 3.8) is 0 Å². The van der Waals surface area contributed by atoms with Gasteiger partial charge in [-0.2, -0.15) is 0 Å². The zero-order valence-electron chi connectivity index (χ0n) is 12.0. The molecule has 0 unspecified atom stereocenters. The lowest BCUT2D eigenvalue weighted by atomic mass is 9.88. The highest BCUT2D eigenvalue weighted by Crippen LogP contribution is 2.27. The molecule has 2 aliphatic rings. The van der Waals surface area contributed by atoms with E-state index in [0.29, 0.717) is 12.3 Å². The van der Waals surface area contributed by atoms with E-state index in [1.165, 1.54) is 0 Å². The number of hydrogen-bond acceptors (Lipinski definition) is 3. The van der Waals surface area contributed by atoms with Gasteiger partial charge >= 0.3 is 0 Å². The molecule has 2 heterocycles. The lowest BCUT2D eigenvalue weighted by molar-refractivity contribution is -0.132. The second-order valence-corrected chi connectivity index (χ2v) is 5.84. The summed E-state index contributed by atoms with van der Waals surface area (Å²) in [5, 5.41) is 3.43. The summed E-state index contributed by atoms with van der Waals surface area (Å²) >= 11 is 0. The highest BCUT2D eigenvalue weighted by molar-refractivity contribution is 5.79. The molecule has 20 heavy (non-hydrogen) atoms. The van der Waals surface area contributed by atoms with Gasteiger partial charge in [0.05, 0.1) is 13.5 Å². The van der Waals surface area contributed by atoms with Crippen molar-refractivity contribution in [1.82, 2.24) is 10.2 Å². The zero-order chi connectivity index (χ0) is 13.9. The topological polar surface area (TPSA) is 41.6 Å². The van der Waals surface area contributed by atoms with Crippen LogP contribution in [0.25, 0.3) is 0 Å². The van der Waals surface area contributed by atoms with Gasteiger partial charge < -0.3 is 15.0 Å². The molecule has 0 bridgehead atoms. The summed E-state index contributed by atoms with van der Waals surface area (Å²) in [6.45, 7) is 4.02. The zero-order valence-corrected chi connectivity index (χ0v) is 12.0. The Morgan fingerprint density at radius 3 is 3.10 bits per heavy atom. The fourth-order valence-corrected chi connectivity index (χ4v) is 3.33. The lowest BCUT2D eigenvalue weighted by Crippen LogP contribution is -2.44. The van der Waals surface area contributed by atoms with Crippen LogP contribution in [0.3, 0.4) is 0 Å². The molecular formula is C16H22N2O2. The van der Waals surface area contributed by atoms with Gasteiger partial charge in [-0.05, 0) is 49.0 Å². The van der Waals surface area contributed by atoms with Crippen LogP contribution in [0.15, 0.2) is 24.3 Å². The summed E-state index contributed by atoms with van der Waals surface area (Å²) < 4.78 is 5.21. The molecule has 0 radical (unpaired) electrons. The van der Waals surface area contributed by atoms with Crippen molar-refractivity contribution in [2.45, 2.75) is 12.8 Å². The number of piperidine rings is 1. The Labute approximate surface area is 120 Å². The fraction of sp³-hybridized carbons (Fsp3) is 0.562. The largest absolute Gasteiger partial charge is 0.497 e. The Hall–Kier alpha value is -1.55. The molecule has 2 fully saturated rings. The Morgan fingerprint density at radius 2 is 2.25 bits per heavy atom. The van der Waals surface area contributed by atoms with Crippen LogP contribution in [0.2, 0.25) is 0 Å². The Bertz CT molecular complexity index is 489. The molecule has 2 saturated heterocycles. The number of fused-ring (bicyclic) bond motifs is 1. The molecule has 0 aromatic heterocycles. The number of ether oxygens (including phenoxy) is 1. The average Bonchev–Trinajstić information content (AvgIpc) is 2.94. The Morgan fingerprint density at radius 1 is 1.40 bits per heavy atom. The van der Waals surface area contributed by atoms with E-state index in [0.717, 1.165) is 49.8 Å². The number of benzene rings is 1.